The second kappa shape index (κ2) is 3.87. The molecule has 58 valence electrons. The Bertz CT molecular complexity index is 145. The second-order valence-corrected chi connectivity index (χ2v) is 2.29. The molecule has 4 heteroatoms. The van der Waals surface area contributed by atoms with E-state index < -0.39 is 5.97 Å². The molecule has 1 unspecified atom stereocenters. The summed E-state index contributed by atoms with van der Waals surface area (Å²) in [5.74, 6) is -0.898. The third-order valence-corrected chi connectivity index (χ3v) is 1.32. The van der Waals surface area contributed by atoms with Gasteiger partial charge in [-0.05, 0) is 6.42 Å². The maximum absolute atomic E-state index is 10.0. The van der Waals surface area contributed by atoms with Gasteiger partial charge >= 0.3 is 5.97 Å². The van der Waals surface area contributed by atoms with Crippen LogP contribution in [0, 0.1) is 11.3 Å². The first-order chi connectivity index (χ1) is 4.54. The zero-order valence-corrected chi connectivity index (χ0v) is 5.92. The van der Waals surface area contributed by atoms with E-state index in [4.69, 9.17) is 16.2 Å². The van der Waals surface area contributed by atoms with E-state index in [0.29, 0.717) is 6.42 Å². The van der Waals surface area contributed by atoms with Gasteiger partial charge in [-0.15, -0.1) is 0 Å². The van der Waals surface area contributed by atoms with E-state index in [1.54, 1.807) is 6.92 Å². The first-order valence-electron chi connectivity index (χ1n) is 3.09. The number of hydrogen-bond acceptors (Lipinski definition) is 2. The van der Waals surface area contributed by atoms with Crippen molar-refractivity contribution in [2.45, 2.75) is 19.8 Å². The number of nitrogens with one attached hydrogen (secondary N) is 1. The molecule has 0 aliphatic heterocycles. The lowest BCUT2D eigenvalue weighted by Gasteiger charge is -2.05. The summed E-state index contributed by atoms with van der Waals surface area (Å²) < 4.78 is 0. The molecule has 0 aliphatic rings. The van der Waals surface area contributed by atoms with Gasteiger partial charge in [-0.2, -0.15) is 0 Å². The Labute approximate surface area is 59.5 Å². The van der Waals surface area contributed by atoms with Gasteiger partial charge in [0.1, 0.15) is 0 Å². The maximum Gasteiger partial charge on any atom is 0.303 e. The Morgan fingerprint density at radius 1 is 1.80 bits per heavy atom. The molecule has 0 aromatic rings. The summed E-state index contributed by atoms with van der Waals surface area (Å²) in [6.45, 7) is 1.74. The molecule has 0 radical (unpaired) electrons. The number of carbonyl (C=O) groups is 1. The summed E-state index contributed by atoms with van der Waals surface area (Å²) in [5.41, 5.74) is 5.11. The van der Waals surface area contributed by atoms with Gasteiger partial charge in [-0.1, -0.05) is 6.92 Å². The molecule has 0 amide bonds. The highest BCUT2D eigenvalue weighted by molar-refractivity contribution is 5.79. The van der Waals surface area contributed by atoms with Crippen molar-refractivity contribution < 1.29 is 9.90 Å². The standard InChI is InChI=1S/C6H12N2O2/c1-4(6(7)8)2-3-5(9)10/h4H,2-3H2,1H3,(H3,7,8)(H,9,10). The number of aliphatic carboxylic acids is 1. The molecule has 0 aromatic carbocycles. The number of carboxylic acids is 1. The highest BCUT2D eigenvalue weighted by Crippen LogP contribution is 2.03. The summed E-state index contributed by atoms with van der Waals surface area (Å²) in [5, 5.41) is 15.2. The molecule has 0 aromatic heterocycles. The third kappa shape index (κ3) is 3.88. The van der Waals surface area contributed by atoms with Crippen LogP contribution in [0.1, 0.15) is 19.8 Å². The maximum atomic E-state index is 10.0. The summed E-state index contributed by atoms with van der Waals surface area (Å²) in [6.07, 6.45) is 0.533. The number of amidine groups is 1. The minimum absolute atomic E-state index is 0.0567. The largest absolute Gasteiger partial charge is 0.481 e. The summed E-state index contributed by atoms with van der Waals surface area (Å²) in [6, 6.07) is 0. The molecule has 0 saturated carbocycles. The van der Waals surface area contributed by atoms with E-state index >= 15 is 0 Å². The van der Waals surface area contributed by atoms with Crippen LogP contribution in [0.5, 0.6) is 0 Å². The van der Waals surface area contributed by atoms with Crippen LogP contribution in [0.4, 0.5) is 0 Å². The molecule has 4 N–H and O–H groups in total. The van der Waals surface area contributed by atoms with E-state index in [2.05, 4.69) is 0 Å². The SMILES string of the molecule is CC(CCC(=O)O)C(=N)N. The highest BCUT2D eigenvalue weighted by atomic mass is 16.4. The molecule has 1 atom stereocenters. The van der Waals surface area contributed by atoms with E-state index in [9.17, 15) is 4.79 Å². The van der Waals surface area contributed by atoms with Gasteiger partial charge in [0.05, 0.1) is 5.84 Å². The second-order valence-electron chi connectivity index (χ2n) is 2.29. The average Bonchev–Trinajstić information content (AvgIpc) is 1.82. The van der Waals surface area contributed by atoms with Crippen molar-refractivity contribution in [1.82, 2.24) is 0 Å². The van der Waals surface area contributed by atoms with Crippen molar-refractivity contribution in [3.05, 3.63) is 0 Å². The molecule has 10 heavy (non-hydrogen) atoms. The summed E-state index contributed by atoms with van der Waals surface area (Å²) >= 11 is 0. The zero-order valence-electron chi connectivity index (χ0n) is 5.92. The van der Waals surface area contributed by atoms with Crippen molar-refractivity contribution in [2.75, 3.05) is 0 Å². The molecule has 0 spiro atoms. The van der Waals surface area contributed by atoms with Gasteiger partial charge in [0, 0.05) is 12.3 Å². The average molecular weight is 144 g/mol. The highest BCUT2D eigenvalue weighted by Gasteiger charge is 2.06. The van der Waals surface area contributed by atoms with Crippen molar-refractivity contribution in [3.8, 4) is 0 Å². The fourth-order valence-corrected chi connectivity index (χ4v) is 0.495. The molecule has 0 bridgehead atoms. The van der Waals surface area contributed by atoms with Gasteiger partial charge in [0.15, 0.2) is 0 Å². The first-order valence-corrected chi connectivity index (χ1v) is 3.09. The van der Waals surface area contributed by atoms with Crippen LogP contribution in [0.15, 0.2) is 0 Å². The number of rotatable bonds is 4. The molecule has 0 fully saturated rings. The Balaban J connectivity index is 3.49. The molecule has 4 nitrogen and oxygen atoms in total. The Morgan fingerprint density at radius 3 is 2.60 bits per heavy atom. The van der Waals surface area contributed by atoms with Crippen LogP contribution in [-0.4, -0.2) is 16.9 Å². The lowest BCUT2D eigenvalue weighted by Crippen LogP contribution is -2.20. The lowest BCUT2D eigenvalue weighted by molar-refractivity contribution is -0.137. The summed E-state index contributed by atoms with van der Waals surface area (Å²) in [7, 11) is 0. The number of carboxylic acid groups (broad SMARTS) is 1. The van der Waals surface area contributed by atoms with Crippen LogP contribution in [-0.2, 0) is 4.79 Å². The minimum Gasteiger partial charge on any atom is -0.481 e. The van der Waals surface area contributed by atoms with E-state index in [1.807, 2.05) is 0 Å². The molecule has 0 saturated heterocycles. The minimum atomic E-state index is -0.840. The quantitative estimate of drug-likeness (QED) is 0.394. The third-order valence-electron chi connectivity index (χ3n) is 1.32. The lowest BCUT2D eigenvalue weighted by atomic mass is 10.1. The van der Waals surface area contributed by atoms with Crippen LogP contribution in [0.25, 0.3) is 0 Å². The fraction of sp³-hybridized carbons (Fsp3) is 0.667. The van der Waals surface area contributed by atoms with Gasteiger partial charge in [0.25, 0.3) is 0 Å². The van der Waals surface area contributed by atoms with Crippen molar-refractivity contribution in [1.29, 1.82) is 5.41 Å². The Morgan fingerprint density at radius 2 is 2.30 bits per heavy atom. The van der Waals surface area contributed by atoms with E-state index in [1.165, 1.54) is 0 Å². The van der Waals surface area contributed by atoms with Crippen molar-refractivity contribution in [3.63, 3.8) is 0 Å². The molecule has 0 aliphatic carbocycles. The predicted molar refractivity (Wildman–Crippen MR) is 37.9 cm³/mol. The number of hydrogen-bond donors (Lipinski definition) is 3. The van der Waals surface area contributed by atoms with Gasteiger partial charge in [-0.25, -0.2) is 0 Å². The van der Waals surface area contributed by atoms with Gasteiger partial charge in [0.2, 0.25) is 0 Å². The van der Waals surface area contributed by atoms with E-state index in [0.717, 1.165) is 0 Å². The molecule has 0 heterocycles. The monoisotopic (exact) mass is 144 g/mol. The molecule has 0 rings (SSSR count). The van der Waals surface area contributed by atoms with Gasteiger partial charge in [-0.3, -0.25) is 10.2 Å². The van der Waals surface area contributed by atoms with Crippen molar-refractivity contribution >= 4 is 11.8 Å². The smallest absolute Gasteiger partial charge is 0.303 e. The molecular weight excluding hydrogens is 132 g/mol. The predicted octanol–water partition coefficient (Wildman–Crippen LogP) is 0.423. The first kappa shape index (κ1) is 8.94. The molecular formula is C6H12N2O2. The topological polar surface area (TPSA) is 87.2 Å². The van der Waals surface area contributed by atoms with Crippen LogP contribution >= 0.6 is 0 Å². The van der Waals surface area contributed by atoms with Crippen molar-refractivity contribution in [2.24, 2.45) is 11.7 Å². The summed E-state index contributed by atoms with van der Waals surface area (Å²) in [4.78, 5) is 10.0. The Kier molecular flexibility index (Phi) is 3.46. The normalized spacial score (nSPS) is 12.5. The fourth-order valence-electron chi connectivity index (χ4n) is 0.495. The number of nitrogens with two attached hydrogens (primary N) is 1. The zero-order chi connectivity index (χ0) is 8.15. The van der Waals surface area contributed by atoms with E-state index in [-0.39, 0.29) is 18.2 Å². The van der Waals surface area contributed by atoms with Gasteiger partial charge < -0.3 is 10.8 Å². The van der Waals surface area contributed by atoms with Crippen LogP contribution < -0.4 is 5.73 Å². The van der Waals surface area contributed by atoms with Crippen LogP contribution in [0.3, 0.4) is 0 Å². The Hall–Kier alpha value is -1.06. The van der Waals surface area contributed by atoms with Crippen LogP contribution in [0.2, 0.25) is 0 Å².